The summed E-state index contributed by atoms with van der Waals surface area (Å²) in [7, 11) is 1.59. The Labute approximate surface area is 198 Å². The van der Waals surface area contributed by atoms with Gasteiger partial charge in [-0.25, -0.2) is 0 Å². The molecular weight excluding hydrogens is 449 g/mol. The number of hydrogen-bond acceptors (Lipinski definition) is 4. The third-order valence-electron chi connectivity index (χ3n) is 5.54. The van der Waals surface area contributed by atoms with Gasteiger partial charge in [-0.05, 0) is 47.7 Å². The first kappa shape index (κ1) is 24.1. The van der Waals surface area contributed by atoms with Crippen molar-refractivity contribution < 1.29 is 19.4 Å². The van der Waals surface area contributed by atoms with Crippen LogP contribution in [0, 0.1) is 0 Å². The molecule has 5 nitrogen and oxygen atoms in total. The average molecular weight is 476 g/mol. The molecule has 1 aliphatic heterocycles. The number of aliphatic hydroxyl groups excluding tert-OH is 1. The highest BCUT2D eigenvalue weighted by molar-refractivity contribution is 6.46. The number of likely N-dealkylation sites (tertiary alicyclic amines) is 1. The highest BCUT2D eigenvalue weighted by Crippen LogP contribution is 2.42. The Morgan fingerprint density at radius 3 is 2.34 bits per heavy atom. The van der Waals surface area contributed by atoms with Crippen molar-refractivity contribution in [2.24, 2.45) is 0 Å². The molecule has 1 unspecified atom stereocenters. The van der Waals surface area contributed by atoms with Crippen molar-refractivity contribution in [3.8, 4) is 5.75 Å². The number of carbonyl (C=O) groups excluding carboxylic acids is 2. The monoisotopic (exact) mass is 475 g/mol. The van der Waals surface area contributed by atoms with Gasteiger partial charge in [0, 0.05) is 17.7 Å². The number of ketones is 1. The number of ether oxygens (including phenoxy) is 1. The molecule has 3 rings (SSSR count). The first-order valence-electron chi connectivity index (χ1n) is 10.4. The minimum absolute atomic E-state index is 0.0341. The minimum Gasteiger partial charge on any atom is -0.507 e. The number of hydrogen-bond donors (Lipinski definition) is 1. The molecule has 2 aromatic carbocycles. The second-order valence-corrected chi connectivity index (χ2v) is 9.65. The van der Waals surface area contributed by atoms with Crippen molar-refractivity contribution in [3.05, 3.63) is 68.7 Å². The maximum absolute atomic E-state index is 13.1. The lowest BCUT2D eigenvalue weighted by Crippen LogP contribution is -2.30. The highest BCUT2D eigenvalue weighted by atomic mass is 35.5. The van der Waals surface area contributed by atoms with Crippen LogP contribution in [0.1, 0.15) is 56.8 Å². The summed E-state index contributed by atoms with van der Waals surface area (Å²) in [5.74, 6) is -0.915. The quantitative estimate of drug-likeness (QED) is 0.320. The Kier molecular flexibility index (Phi) is 6.91. The van der Waals surface area contributed by atoms with Gasteiger partial charge in [-0.15, -0.1) is 0 Å². The molecule has 1 heterocycles. The normalized spacial score (nSPS) is 18.3. The van der Waals surface area contributed by atoms with E-state index in [4.69, 9.17) is 27.9 Å². The lowest BCUT2D eigenvalue weighted by molar-refractivity contribution is -0.139. The summed E-state index contributed by atoms with van der Waals surface area (Å²) >= 11 is 12.3. The van der Waals surface area contributed by atoms with E-state index in [0.29, 0.717) is 39.9 Å². The number of halogens is 2. The predicted molar refractivity (Wildman–Crippen MR) is 127 cm³/mol. The van der Waals surface area contributed by atoms with Crippen molar-refractivity contribution in [2.45, 2.75) is 45.6 Å². The summed E-state index contributed by atoms with van der Waals surface area (Å²) < 4.78 is 5.48. The molecule has 32 heavy (non-hydrogen) atoms. The smallest absolute Gasteiger partial charge is 0.295 e. The number of amides is 1. The largest absolute Gasteiger partial charge is 0.507 e. The fourth-order valence-corrected chi connectivity index (χ4v) is 4.28. The molecule has 0 saturated carbocycles. The van der Waals surface area contributed by atoms with E-state index >= 15 is 0 Å². The predicted octanol–water partition coefficient (Wildman–Crippen LogP) is 6.13. The summed E-state index contributed by atoms with van der Waals surface area (Å²) in [6, 6.07) is 9.45. The van der Waals surface area contributed by atoms with Gasteiger partial charge in [0.25, 0.3) is 11.7 Å². The number of methoxy groups -OCH3 is 1. The van der Waals surface area contributed by atoms with Crippen LogP contribution in [0.25, 0.3) is 5.76 Å². The topological polar surface area (TPSA) is 66.8 Å². The SMILES string of the molecule is CCCN1C(=O)C(=O)/C(=C(\O)c2ccc(OC)c(C(C)(C)C)c2)C1c1ccc(Cl)c(Cl)c1. The number of aliphatic hydroxyl groups is 1. The van der Waals surface area contributed by atoms with Gasteiger partial charge in [0.05, 0.1) is 28.8 Å². The molecule has 0 spiro atoms. The van der Waals surface area contributed by atoms with E-state index in [1.165, 1.54) is 4.90 Å². The second kappa shape index (κ2) is 9.16. The maximum atomic E-state index is 13.1. The van der Waals surface area contributed by atoms with Gasteiger partial charge < -0.3 is 14.7 Å². The van der Waals surface area contributed by atoms with Crippen LogP contribution in [0.4, 0.5) is 0 Å². The number of benzene rings is 2. The minimum atomic E-state index is -0.759. The molecule has 0 aliphatic carbocycles. The second-order valence-electron chi connectivity index (χ2n) is 8.83. The van der Waals surface area contributed by atoms with Gasteiger partial charge in [0.1, 0.15) is 11.5 Å². The molecule has 1 amide bonds. The van der Waals surface area contributed by atoms with Crippen molar-refractivity contribution in [3.63, 3.8) is 0 Å². The lowest BCUT2D eigenvalue weighted by atomic mass is 9.84. The number of nitrogens with zero attached hydrogens (tertiary/aromatic N) is 1. The summed E-state index contributed by atoms with van der Waals surface area (Å²) in [6.45, 7) is 8.38. The molecular formula is C25H27Cl2NO4. The molecule has 1 saturated heterocycles. The van der Waals surface area contributed by atoms with Crippen LogP contribution in [-0.2, 0) is 15.0 Å². The molecule has 0 bridgehead atoms. The van der Waals surface area contributed by atoms with Crippen LogP contribution in [-0.4, -0.2) is 35.4 Å². The Bertz CT molecular complexity index is 1100. The number of rotatable bonds is 5. The van der Waals surface area contributed by atoms with Crippen molar-refractivity contribution in [2.75, 3.05) is 13.7 Å². The van der Waals surface area contributed by atoms with Gasteiger partial charge in [-0.3, -0.25) is 9.59 Å². The maximum Gasteiger partial charge on any atom is 0.295 e. The number of Topliss-reactive ketones (excluding diaryl/α,β-unsaturated/α-hetero) is 1. The van der Waals surface area contributed by atoms with Crippen molar-refractivity contribution in [1.29, 1.82) is 0 Å². The van der Waals surface area contributed by atoms with E-state index in [1.54, 1.807) is 43.5 Å². The fourth-order valence-electron chi connectivity index (χ4n) is 3.98. The van der Waals surface area contributed by atoms with Crippen LogP contribution in [0.5, 0.6) is 5.75 Å². The Balaban J connectivity index is 2.24. The molecule has 0 radical (unpaired) electrons. The molecule has 7 heteroatoms. The molecule has 1 atom stereocenters. The highest BCUT2D eigenvalue weighted by Gasteiger charge is 2.45. The Morgan fingerprint density at radius 2 is 1.78 bits per heavy atom. The van der Waals surface area contributed by atoms with E-state index in [9.17, 15) is 14.7 Å². The van der Waals surface area contributed by atoms with Gasteiger partial charge in [0.15, 0.2) is 0 Å². The van der Waals surface area contributed by atoms with E-state index in [2.05, 4.69) is 0 Å². The van der Waals surface area contributed by atoms with Gasteiger partial charge in [0.2, 0.25) is 0 Å². The Morgan fingerprint density at radius 1 is 1.09 bits per heavy atom. The average Bonchev–Trinajstić information content (AvgIpc) is 2.99. The van der Waals surface area contributed by atoms with Crippen LogP contribution in [0.2, 0.25) is 10.0 Å². The standard InChI is InChI=1S/C25H27Cl2NO4/c1-6-11-28-21(14-7-9-17(26)18(27)13-14)20(23(30)24(28)31)22(29)15-8-10-19(32-5)16(12-15)25(2,3)4/h7-10,12-13,21,29H,6,11H2,1-5H3/b22-20-. The van der Waals surface area contributed by atoms with Crippen LogP contribution < -0.4 is 4.74 Å². The number of carbonyl (C=O) groups is 2. The zero-order valence-electron chi connectivity index (χ0n) is 18.8. The van der Waals surface area contributed by atoms with Crippen molar-refractivity contribution in [1.82, 2.24) is 4.90 Å². The van der Waals surface area contributed by atoms with E-state index in [0.717, 1.165) is 5.56 Å². The van der Waals surface area contributed by atoms with Crippen LogP contribution >= 0.6 is 23.2 Å². The van der Waals surface area contributed by atoms with Crippen molar-refractivity contribution >= 4 is 40.7 Å². The molecule has 170 valence electrons. The molecule has 2 aromatic rings. The molecule has 1 fully saturated rings. The molecule has 1 N–H and O–H groups in total. The zero-order chi connectivity index (χ0) is 23.8. The Hall–Kier alpha value is -2.50. The van der Waals surface area contributed by atoms with Gasteiger partial charge in [-0.2, -0.15) is 0 Å². The first-order valence-corrected chi connectivity index (χ1v) is 11.2. The lowest BCUT2D eigenvalue weighted by Gasteiger charge is -2.26. The van der Waals surface area contributed by atoms with Gasteiger partial charge >= 0.3 is 0 Å². The fraction of sp³-hybridized carbons (Fsp3) is 0.360. The van der Waals surface area contributed by atoms with Crippen LogP contribution in [0.3, 0.4) is 0 Å². The first-order chi connectivity index (χ1) is 15.0. The van der Waals surface area contributed by atoms with E-state index in [1.807, 2.05) is 27.7 Å². The summed E-state index contributed by atoms with van der Waals surface area (Å²) in [5, 5.41) is 12.0. The third-order valence-corrected chi connectivity index (χ3v) is 6.28. The van der Waals surface area contributed by atoms with E-state index in [-0.39, 0.29) is 16.7 Å². The third kappa shape index (κ3) is 4.37. The summed E-state index contributed by atoms with van der Waals surface area (Å²) in [4.78, 5) is 27.4. The summed E-state index contributed by atoms with van der Waals surface area (Å²) in [5.41, 5.74) is 1.69. The van der Waals surface area contributed by atoms with Gasteiger partial charge in [-0.1, -0.05) is 57.0 Å². The zero-order valence-corrected chi connectivity index (χ0v) is 20.3. The van der Waals surface area contributed by atoms with E-state index < -0.39 is 17.7 Å². The molecule has 0 aromatic heterocycles. The molecule has 1 aliphatic rings. The summed E-state index contributed by atoms with van der Waals surface area (Å²) in [6.07, 6.45) is 0.654. The van der Waals surface area contributed by atoms with Crippen LogP contribution in [0.15, 0.2) is 42.0 Å².